The number of nitrogens with one attached hydrogen (secondary N) is 2. The third-order valence-corrected chi connectivity index (χ3v) is 4.61. The van der Waals surface area contributed by atoms with Crippen LogP contribution in [0.25, 0.3) is 0 Å². The third-order valence-electron chi connectivity index (χ3n) is 4.61. The van der Waals surface area contributed by atoms with E-state index in [0.29, 0.717) is 26.0 Å². The van der Waals surface area contributed by atoms with Crippen LogP contribution in [0.2, 0.25) is 0 Å². The largest absolute Gasteiger partial charge is 0.495 e. The predicted octanol–water partition coefficient (Wildman–Crippen LogP) is 2.95. The fourth-order valence-corrected chi connectivity index (χ4v) is 2.28. The summed E-state index contributed by atoms with van der Waals surface area (Å²) < 4.78 is 26.3. The maximum absolute atomic E-state index is 12.1. The summed E-state index contributed by atoms with van der Waals surface area (Å²) in [5, 5.41) is 4.90. The molecular formula is C23H38N2O8. The van der Waals surface area contributed by atoms with Crippen molar-refractivity contribution in [3.63, 3.8) is 0 Å². The Morgan fingerprint density at radius 3 is 2.21 bits per heavy atom. The second kappa shape index (κ2) is 14.3. The van der Waals surface area contributed by atoms with Crippen molar-refractivity contribution >= 4 is 18.5 Å². The molecule has 0 fully saturated rings. The van der Waals surface area contributed by atoms with Crippen LogP contribution in [0, 0.1) is 0 Å². The van der Waals surface area contributed by atoms with Gasteiger partial charge in [0.2, 0.25) is 12.7 Å². The Labute approximate surface area is 196 Å². The molecule has 0 radical (unpaired) electrons. The molecule has 1 atom stereocenters. The van der Waals surface area contributed by atoms with Crippen molar-refractivity contribution in [3.05, 3.63) is 36.3 Å². The first-order chi connectivity index (χ1) is 15.3. The Morgan fingerprint density at radius 2 is 1.67 bits per heavy atom. The zero-order valence-electron chi connectivity index (χ0n) is 20.7. The van der Waals surface area contributed by atoms with Crippen LogP contribution >= 0.6 is 0 Å². The van der Waals surface area contributed by atoms with Crippen LogP contribution in [0.1, 0.15) is 47.5 Å². The van der Waals surface area contributed by atoms with Gasteiger partial charge in [-0.2, -0.15) is 0 Å². The molecule has 0 aromatic carbocycles. The molecule has 2 N–H and O–H groups in total. The Morgan fingerprint density at radius 1 is 1.03 bits per heavy atom. The normalized spacial score (nSPS) is 12.9. The van der Waals surface area contributed by atoms with Gasteiger partial charge in [0.05, 0.1) is 36.2 Å². The van der Waals surface area contributed by atoms with E-state index in [2.05, 4.69) is 23.8 Å². The van der Waals surface area contributed by atoms with Crippen LogP contribution in [0.4, 0.5) is 4.79 Å². The van der Waals surface area contributed by atoms with E-state index in [1.807, 2.05) is 27.7 Å². The van der Waals surface area contributed by atoms with Crippen LogP contribution in [0.15, 0.2) is 36.3 Å². The Balaban J connectivity index is 4.45. The monoisotopic (exact) mass is 470 g/mol. The van der Waals surface area contributed by atoms with E-state index in [1.54, 1.807) is 7.11 Å². The molecule has 10 nitrogen and oxygen atoms in total. The van der Waals surface area contributed by atoms with Gasteiger partial charge in [-0.05, 0) is 46.6 Å². The van der Waals surface area contributed by atoms with Crippen LogP contribution in [-0.4, -0.2) is 63.3 Å². The second-order valence-electron chi connectivity index (χ2n) is 8.36. The first-order valence-electron chi connectivity index (χ1n) is 10.5. The fraction of sp³-hybridized carbons (Fsp3) is 0.609. The lowest BCUT2D eigenvalue weighted by atomic mass is 10.0. The number of amides is 2. The van der Waals surface area contributed by atoms with Gasteiger partial charge in [0.1, 0.15) is 5.76 Å². The zero-order valence-corrected chi connectivity index (χ0v) is 20.7. The molecular weight excluding hydrogens is 432 g/mol. The van der Waals surface area contributed by atoms with Gasteiger partial charge in [0, 0.05) is 20.6 Å². The van der Waals surface area contributed by atoms with Gasteiger partial charge in [-0.15, -0.1) is 0 Å². The van der Waals surface area contributed by atoms with Gasteiger partial charge in [-0.3, -0.25) is 4.79 Å². The molecule has 1 unspecified atom stereocenters. The molecule has 188 valence electrons. The molecule has 33 heavy (non-hydrogen) atoms. The van der Waals surface area contributed by atoms with E-state index in [4.69, 9.17) is 23.7 Å². The fourth-order valence-electron chi connectivity index (χ4n) is 2.28. The van der Waals surface area contributed by atoms with Gasteiger partial charge < -0.3 is 34.3 Å². The van der Waals surface area contributed by atoms with Crippen LogP contribution < -0.4 is 10.6 Å². The molecule has 0 aromatic rings. The van der Waals surface area contributed by atoms with Crippen molar-refractivity contribution in [2.24, 2.45) is 0 Å². The Kier molecular flexibility index (Phi) is 13.1. The molecule has 0 aliphatic rings. The van der Waals surface area contributed by atoms with Crippen molar-refractivity contribution in [1.29, 1.82) is 0 Å². The van der Waals surface area contributed by atoms with Gasteiger partial charge in [0.15, 0.2) is 0 Å². The Bertz CT molecular complexity index is 728. The number of carbonyl (C=O) groups excluding carboxylic acids is 3. The van der Waals surface area contributed by atoms with Crippen LogP contribution in [0.3, 0.4) is 0 Å². The minimum absolute atomic E-state index is 0.0906. The SMILES string of the molecule is C=C(C=C(OC)C(=C)NC=O)C(=O)OC(C)OC(=O)NCCC(C)(C)OCCC(C)(C)OC. The molecule has 0 bridgehead atoms. The maximum atomic E-state index is 12.1. The number of rotatable bonds is 16. The van der Waals surface area contributed by atoms with E-state index in [9.17, 15) is 14.4 Å². The highest BCUT2D eigenvalue weighted by molar-refractivity contribution is 5.91. The summed E-state index contributed by atoms with van der Waals surface area (Å²) in [5.74, 6) is -0.719. The van der Waals surface area contributed by atoms with Gasteiger partial charge >= 0.3 is 12.1 Å². The lowest BCUT2D eigenvalue weighted by Gasteiger charge is -2.29. The number of alkyl carbamates (subject to hydrolysis) is 1. The lowest BCUT2D eigenvalue weighted by Crippen LogP contribution is -2.36. The smallest absolute Gasteiger partial charge is 0.410 e. The summed E-state index contributed by atoms with van der Waals surface area (Å²) in [7, 11) is 3.00. The van der Waals surface area contributed by atoms with E-state index < -0.39 is 24.0 Å². The highest BCUT2D eigenvalue weighted by atomic mass is 16.7. The van der Waals surface area contributed by atoms with Crippen LogP contribution in [-0.2, 0) is 33.3 Å². The summed E-state index contributed by atoms with van der Waals surface area (Å²) in [6.07, 6.45) is 1.03. The molecule has 0 saturated heterocycles. The summed E-state index contributed by atoms with van der Waals surface area (Å²) in [6.45, 7) is 17.2. The average molecular weight is 471 g/mol. The summed E-state index contributed by atoms with van der Waals surface area (Å²) in [4.78, 5) is 34.6. The zero-order chi connectivity index (χ0) is 25.7. The van der Waals surface area contributed by atoms with Crippen molar-refractivity contribution in [1.82, 2.24) is 10.6 Å². The van der Waals surface area contributed by atoms with E-state index >= 15 is 0 Å². The maximum Gasteiger partial charge on any atom is 0.410 e. The van der Waals surface area contributed by atoms with E-state index in [1.165, 1.54) is 20.1 Å². The molecule has 0 aromatic heterocycles. The highest BCUT2D eigenvalue weighted by Gasteiger charge is 2.22. The second-order valence-corrected chi connectivity index (χ2v) is 8.36. The minimum Gasteiger partial charge on any atom is -0.495 e. The standard InChI is InChI=1S/C23H38N2O8/c1-16(14-19(29-8)17(2)25-15-26)20(27)32-18(3)33-21(28)24-12-10-23(6,7)31-13-11-22(4,5)30-9/h14-15,18H,1-2,10-13H2,3-9H3,(H,24,28)(H,25,26). The minimum atomic E-state index is -1.16. The molecule has 10 heteroatoms. The predicted molar refractivity (Wildman–Crippen MR) is 123 cm³/mol. The number of ether oxygens (including phenoxy) is 5. The molecule has 0 saturated carbocycles. The Hall–Kier alpha value is -2.85. The quantitative estimate of drug-likeness (QED) is 0.0882. The number of carbonyl (C=O) groups is 3. The van der Waals surface area contributed by atoms with E-state index in [-0.39, 0.29) is 22.6 Å². The average Bonchev–Trinajstić information content (AvgIpc) is 2.71. The van der Waals surface area contributed by atoms with Crippen molar-refractivity contribution in [2.45, 2.75) is 65.0 Å². The first-order valence-corrected chi connectivity index (χ1v) is 10.5. The first kappa shape index (κ1) is 30.1. The molecule has 0 spiro atoms. The summed E-state index contributed by atoms with van der Waals surface area (Å²) in [6, 6.07) is 0. The summed E-state index contributed by atoms with van der Waals surface area (Å²) in [5.41, 5.74) is -0.675. The molecule has 2 amide bonds. The van der Waals surface area contributed by atoms with Crippen molar-refractivity contribution in [3.8, 4) is 0 Å². The molecule has 0 aliphatic carbocycles. The molecule has 0 rings (SSSR count). The van der Waals surface area contributed by atoms with Crippen molar-refractivity contribution in [2.75, 3.05) is 27.4 Å². The number of hydrogen-bond donors (Lipinski definition) is 2. The van der Waals surface area contributed by atoms with Crippen molar-refractivity contribution < 1.29 is 38.1 Å². The highest BCUT2D eigenvalue weighted by Crippen LogP contribution is 2.18. The lowest BCUT2D eigenvalue weighted by molar-refractivity contribution is -0.159. The summed E-state index contributed by atoms with van der Waals surface area (Å²) >= 11 is 0. The third kappa shape index (κ3) is 13.3. The number of hydrogen-bond acceptors (Lipinski definition) is 8. The van der Waals surface area contributed by atoms with Gasteiger partial charge in [-0.1, -0.05) is 13.2 Å². The van der Waals surface area contributed by atoms with Gasteiger partial charge in [0.25, 0.3) is 0 Å². The molecule has 0 aliphatic heterocycles. The van der Waals surface area contributed by atoms with Gasteiger partial charge in [-0.25, -0.2) is 9.59 Å². The topological polar surface area (TPSA) is 121 Å². The van der Waals surface area contributed by atoms with E-state index in [0.717, 1.165) is 6.42 Å². The number of methoxy groups -OCH3 is 2. The number of esters is 1. The molecule has 0 heterocycles. The van der Waals surface area contributed by atoms with Crippen LogP contribution in [0.5, 0.6) is 0 Å².